The number of hydrogen-bond donors (Lipinski definition) is 2. The number of carbonyl (C=O) groups excluding carboxylic acids is 1. The summed E-state index contributed by atoms with van der Waals surface area (Å²) in [4.78, 5) is 28.0. The number of nitrogens with zero attached hydrogens (tertiary/aromatic N) is 4. The molecule has 7 nitrogen and oxygen atoms in total. The maximum absolute atomic E-state index is 13.7. The Bertz CT molecular complexity index is 1140. The average Bonchev–Trinajstić information content (AvgIpc) is 3.68. The van der Waals surface area contributed by atoms with Crippen LogP contribution in [0, 0.1) is 5.92 Å². The van der Waals surface area contributed by atoms with E-state index in [1.807, 2.05) is 29.2 Å². The fourth-order valence-corrected chi connectivity index (χ4v) is 4.41. The van der Waals surface area contributed by atoms with Gasteiger partial charge in [0.15, 0.2) is 0 Å². The summed E-state index contributed by atoms with van der Waals surface area (Å²) < 4.78 is 27.4. The van der Waals surface area contributed by atoms with Gasteiger partial charge in [0.2, 0.25) is 0 Å². The molecular formula is C25H28F2N6O. The van der Waals surface area contributed by atoms with Crippen molar-refractivity contribution < 1.29 is 13.6 Å². The molecule has 1 saturated carbocycles. The first-order valence-corrected chi connectivity index (χ1v) is 11.8. The van der Waals surface area contributed by atoms with E-state index in [0.29, 0.717) is 5.56 Å². The van der Waals surface area contributed by atoms with Crippen molar-refractivity contribution in [2.45, 2.75) is 37.6 Å². The summed E-state index contributed by atoms with van der Waals surface area (Å²) in [5.74, 6) is -1.32. The highest BCUT2D eigenvalue weighted by molar-refractivity contribution is 6.06. The Morgan fingerprint density at radius 3 is 2.62 bits per heavy atom. The number of halogens is 2. The standard InChI is InChI=1S/C25H28F2N6O/c26-25(27)8-10-33(11-9-25)22(18-13-28-16-29-14-18)15-31-24(34)20-2-1-3-21-19(20)6-7-23(32-21)30-12-17-4-5-17/h1-3,6-7,13-14,16-17,22H,4-5,8-12,15H2,(H,30,32)(H,31,34). The van der Waals surface area contributed by atoms with Gasteiger partial charge in [0.1, 0.15) is 12.1 Å². The zero-order valence-electron chi connectivity index (χ0n) is 18.9. The second kappa shape index (κ2) is 9.58. The van der Waals surface area contributed by atoms with Crippen LogP contribution >= 0.6 is 0 Å². The number of fused-ring (bicyclic) bond motifs is 1. The lowest BCUT2D eigenvalue weighted by molar-refractivity contribution is -0.0632. The number of rotatable bonds is 8. The Hall–Kier alpha value is -3.20. The first-order chi connectivity index (χ1) is 16.5. The van der Waals surface area contributed by atoms with Crippen LogP contribution in [0.25, 0.3) is 10.9 Å². The molecule has 0 bridgehead atoms. The second-order valence-corrected chi connectivity index (χ2v) is 9.18. The minimum Gasteiger partial charge on any atom is -0.370 e. The maximum atomic E-state index is 13.7. The molecule has 2 N–H and O–H groups in total. The average molecular weight is 467 g/mol. The number of hydrogen-bond acceptors (Lipinski definition) is 6. The van der Waals surface area contributed by atoms with E-state index in [1.54, 1.807) is 18.5 Å². The smallest absolute Gasteiger partial charge is 0.252 e. The molecule has 1 unspecified atom stereocenters. The van der Waals surface area contributed by atoms with E-state index in [0.717, 1.165) is 34.7 Å². The molecule has 3 aromatic rings. The molecule has 3 heterocycles. The number of nitrogens with one attached hydrogen (secondary N) is 2. The van der Waals surface area contributed by atoms with Crippen molar-refractivity contribution in [3.63, 3.8) is 0 Å². The van der Waals surface area contributed by atoms with Crippen LogP contribution in [0.1, 0.15) is 47.6 Å². The van der Waals surface area contributed by atoms with E-state index in [9.17, 15) is 13.6 Å². The number of amides is 1. The zero-order valence-corrected chi connectivity index (χ0v) is 18.9. The van der Waals surface area contributed by atoms with Crippen LogP contribution in [0.15, 0.2) is 49.1 Å². The fourth-order valence-electron chi connectivity index (χ4n) is 4.41. The van der Waals surface area contributed by atoms with Crippen molar-refractivity contribution in [2.75, 3.05) is 31.5 Å². The van der Waals surface area contributed by atoms with Gasteiger partial charge in [-0.2, -0.15) is 0 Å². The summed E-state index contributed by atoms with van der Waals surface area (Å²) in [5.41, 5.74) is 2.07. The van der Waals surface area contributed by atoms with Gasteiger partial charge in [-0.1, -0.05) is 6.07 Å². The molecule has 34 heavy (non-hydrogen) atoms. The molecule has 178 valence electrons. The fraction of sp³-hybridized carbons (Fsp3) is 0.440. The molecule has 1 atom stereocenters. The van der Waals surface area contributed by atoms with Crippen LogP contribution in [-0.2, 0) is 0 Å². The summed E-state index contributed by atoms with van der Waals surface area (Å²) in [6.07, 6.45) is 6.92. The highest BCUT2D eigenvalue weighted by Gasteiger charge is 2.36. The van der Waals surface area contributed by atoms with Crippen LogP contribution in [0.2, 0.25) is 0 Å². The van der Waals surface area contributed by atoms with E-state index in [2.05, 4.69) is 25.6 Å². The lowest BCUT2D eigenvalue weighted by atomic mass is 10.0. The van der Waals surface area contributed by atoms with Gasteiger partial charge < -0.3 is 10.6 Å². The summed E-state index contributed by atoms with van der Waals surface area (Å²) in [6, 6.07) is 9.03. The van der Waals surface area contributed by atoms with Gasteiger partial charge in [-0.15, -0.1) is 0 Å². The number of pyridine rings is 1. The van der Waals surface area contributed by atoms with Crippen molar-refractivity contribution in [3.05, 3.63) is 60.2 Å². The predicted octanol–water partition coefficient (Wildman–Crippen LogP) is 4.05. The summed E-state index contributed by atoms with van der Waals surface area (Å²) in [5, 5.41) is 7.14. The van der Waals surface area contributed by atoms with Crippen LogP contribution < -0.4 is 10.6 Å². The number of benzene rings is 1. The highest BCUT2D eigenvalue weighted by atomic mass is 19.3. The van der Waals surface area contributed by atoms with Gasteiger partial charge in [-0.25, -0.2) is 23.7 Å². The Kier molecular flexibility index (Phi) is 6.36. The third-order valence-electron chi connectivity index (χ3n) is 6.64. The van der Waals surface area contributed by atoms with Gasteiger partial charge >= 0.3 is 0 Å². The lowest BCUT2D eigenvalue weighted by Crippen LogP contribution is -2.45. The van der Waals surface area contributed by atoms with Crippen LogP contribution in [0.5, 0.6) is 0 Å². The number of anilines is 1. The highest BCUT2D eigenvalue weighted by Crippen LogP contribution is 2.32. The summed E-state index contributed by atoms with van der Waals surface area (Å²) in [6.45, 7) is 1.68. The van der Waals surface area contributed by atoms with Crippen molar-refractivity contribution in [2.24, 2.45) is 5.92 Å². The molecule has 2 aromatic heterocycles. The van der Waals surface area contributed by atoms with E-state index < -0.39 is 5.92 Å². The van der Waals surface area contributed by atoms with Crippen molar-refractivity contribution >= 4 is 22.6 Å². The Balaban J connectivity index is 1.30. The van der Waals surface area contributed by atoms with E-state index in [-0.39, 0.29) is 44.4 Å². The molecule has 1 aliphatic carbocycles. The Labute approximate surface area is 197 Å². The number of likely N-dealkylation sites (tertiary alicyclic amines) is 1. The lowest BCUT2D eigenvalue weighted by Gasteiger charge is -2.37. The predicted molar refractivity (Wildman–Crippen MR) is 126 cm³/mol. The molecule has 1 saturated heterocycles. The van der Waals surface area contributed by atoms with Crippen LogP contribution in [-0.4, -0.2) is 57.9 Å². The molecule has 1 aromatic carbocycles. The molecule has 2 aliphatic rings. The molecule has 1 aliphatic heterocycles. The molecule has 0 spiro atoms. The first kappa shape index (κ1) is 22.6. The zero-order chi connectivity index (χ0) is 23.5. The molecule has 2 fully saturated rings. The molecule has 0 radical (unpaired) electrons. The third kappa shape index (κ3) is 5.30. The summed E-state index contributed by atoms with van der Waals surface area (Å²) >= 11 is 0. The van der Waals surface area contributed by atoms with Crippen molar-refractivity contribution in [1.82, 2.24) is 25.2 Å². The largest absolute Gasteiger partial charge is 0.370 e. The third-order valence-corrected chi connectivity index (χ3v) is 6.64. The van der Waals surface area contributed by atoms with Gasteiger partial charge in [-0.3, -0.25) is 9.69 Å². The number of carbonyl (C=O) groups is 1. The van der Waals surface area contributed by atoms with E-state index in [1.165, 1.54) is 19.2 Å². The van der Waals surface area contributed by atoms with E-state index >= 15 is 0 Å². The second-order valence-electron chi connectivity index (χ2n) is 9.18. The van der Waals surface area contributed by atoms with Gasteiger partial charge in [-0.05, 0) is 43.0 Å². The summed E-state index contributed by atoms with van der Waals surface area (Å²) in [7, 11) is 0. The van der Waals surface area contributed by atoms with Crippen molar-refractivity contribution in [1.29, 1.82) is 0 Å². The maximum Gasteiger partial charge on any atom is 0.252 e. The minimum atomic E-state index is -2.64. The molecule has 5 rings (SSSR count). The number of piperidine rings is 1. The van der Waals surface area contributed by atoms with Crippen molar-refractivity contribution in [3.8, 4) is 0 Å². The number of aromatic nitrogens is 3. The normalized spacial score (nSPS) is 19.0. The SMILES string of the molecule is O=C(NCC(c1cncnc1)N1CCC(F)(F)CC1)c1cccc2nc(NCC3CC3)ccc12. The van der Waals surface area contributed by atoms with Crippen LogP contribution in [0.3, 0.4) is 0 Å². The van der Waals surface area contributed by atoms with Gasteiger partial charge in [0.05, 0.1) is 11.6 Å². The Morgan fingerprint density at radius 2 is 1.88 bits per heavy atom. The molecular weight excluding hydrogens is 438 g/mol. The molecule has 1 amide bonds. The quantitative estimate of drug-likeness (QED) is 0.521. The van der Waals surface area contributed by atoms with Gasteiger partial charge in [0.25, 0.3) is 11.8 Å². The molecule has 9 heteroatoms. The minimum absolute atomic E-state index is 0.197. The van der Waals surface area contributed by atoms with Gasteiger partial charge in [0, 0.05) is 67.9 Å². The number of alkyl halides is 2. The topological polar surface area (TPSA) is 83.0 Å². The monoisotopic (exact) mass is 466 g/mol. The first-order valence-electron chi connectivity index (χ1n) is 11.8. The van der Waals surface area contributed by atoms with E-state index in [4.69, 9.17) is 0 Å². The Morgan fingerprint density at radius 1 is 1.12 bits per heavy atom. The van der Waals surface area contributed by atoms with Crippen LogP contribution in [0.4, 0.5) is 14.6 Å².